The Morgan fingerprint density at radius 1 is 1.50 bits per heavy atom. The third kappa shape index (κ3) is 3.87. The quantitative estimate of drug-likeness (QED) is 0.930. The van der Waals surface area contributed by atoms with E-state index >= 15 is 0 Å². The van der Waals surface area contributed by atoms with Crippen LogP contribution in [0.15, 0.2) is 18.2 Å². The summed E-state index contributed by atoms with van der Waals surface area (Å²) >= 11 is 11.9. The highest BCUT2D eigenvalue weighted by atomic mass is 35.5. The van der Waals surface area contributed by atoms with E-state index in [-0.39, 0.29) is 24.3 Å². The number of aliphatic hydroxyl groups is 1. The molecule has 1 aromatic carbocycles. The molecule has 1 aliphatic rings. The fourth-order valence-electron chi connectivity index (χ4n) is 2.57. The lowest BCUT2D eigenvalue weighted by atomic mass is 9.93. The van der Waals surface area contributed by atoms with Gasteiger partial charge in [-0.2, -0.15) is 0 Å². The maximum atomic E-state index is 12.3. The summed E-state index contributed by atoms with van der Waals surface area (Å²) in [7, 11) is 0. The largest absolute Gasteiger partial charge is 0.393 e. The number of amides is 1. The van der Waals surface area contributed by atoms with Crippen molar-refractivity contribution in [3.05, 3.63) is 33.8 Å². The van der Waals surface area contributed by atoms with Crippen molar-refractivity contribution >= 4 is 29.1 Å². The van der Waals surface area contributed by atoms with E-state index in [1.807, 2.05) is 4.90 Å². The zero-order chi connectivity index (χ0) is 14.7. The van der Waals surface area contributed by atoms with E-state index in [9.17, 15) is 9.90 Å². The van der Waals surface area contributed by atoms with Crippen LogP contribution < -0.4 is 0 Å². The maximum Gasteiger partial charge on any atom is 0.227 e. The van der Waals surface area contributed by atoms with E-state index in [1.165, 1.54) is 0 Å². The van der Waals surface area contributed by atoms with Gasteiger partial charge < -0.3 is 10.0 Å². The van der Waals surface area contributed by atoms with Crippen molar-refractivity contribution < 1.29 is 9.90 Å². The van der Waals surface area contributed by atoms with Crippen LogP contribution >= 0.6 is 23.2 Å². The number of hydrogen-bond acceptors (Lipinski definition) is 2. The first-order valence-corrected chi connectivity index (χ1v) is 7.62. The molecule has 20 heavy (non-hydrogen) atoms. The highest BCUT2D eigenvalue weighted by molar-refractivity contribution is 6.35. The van der Waals surface area contributed by atoms with E-state index in [4.69, 9.17) is 23.2 Å². The lowest BCUT2D eigenvalue weighted by molar-refractivity contribution is -0.133. The van der Waals surface area contributed by atoms with Gasteiger partial charge in [0.1, 0.15) is 0 Å². The molecule has 2 atom stereocenters. The Hall–Kier alpha value is -0.770. The zero-order valence-electron chi connectivity index (χ0n) is 11.5. The third-order valence-electron chi connectivity index (χ3n) is 3.85. The molecule has 3 nitrogen and oxygen atoms in total. The van der Waals surface area contributed by atoms with Gasteiger partial charge in [0.2, 0.25) is 5.91 Å². The van der Waals surface area contributed by atoms with Gasteiger partial charge in [-0.25, -0.2) is 0 Å². The molecular formula is C15H19Cl2NO2. The molecule has 1 heterocycles. The topological polar surface area (TPSA) is 40.5 Å². The molecule has 0 saturated carbocycles. The molecule has 1 N–H and O–H groups in total. The van der Waals surface area contributed by atoms with Gasteiger partial charge in [0.25, 0.3) is 0 Å². The van der Waals surface area contributed by atoms with Crippen LogP contribution in [-0.4, -0.2) is 35.1 Å². The Labute approximate surface area is 129 Å². The molecule has 1 amide bonds. The maximum absolute atomic E-state index is 12.3. The molecule has 0 aliphatic carbocycles. The molecule has 0 aromatic heterocycles. The molecule has 0 spiro atoms. The highest BCUT2D eigenvalue weighted by Crippen LogP contribution is 2.24. The number of carbonyl (C=O) groups is 1. The van der Waals surface area contributed by atoms with Gasteiger partial charge in [0.05, 0.1) is 12.5 Å². The van der Waals surface area contributed by atoms with Crippen molar-refractivity contribution in [1.29, 1.82) is 0 Å². The van der Waals surface area contributed by atoms with Gasteiger partial charge in [-0.05, 0) is 37.5 Å². The fraction of sp³-hybridized carbons (Fsp3) is 0.533. The molecule has 1 aliphatic heterocycles. The SMILES string of the molecule is CC(O)C1CCCN(C(=O)Cc2ccc(Cl)cc2Cl)C1. The number of likely N-dealkylation sites (tertiary alicyclic amines) is 1. The summed E-state index contributed by atoms with van der Waals surface area (Å²) in [4.78, 5) is 14.2. The van der Waals surface area contributed by atoms with E-state index < -0.39 is 0 Å². The van der Waals surface area contributed by atoms with Crippen molar-refractivity contribution in [1.82, 2.24) is 4.90 Å². The van der Waals surface area contributed by atoms with Crippen molar-refractivity contribution in [2.45, 2.75) is 32.3 Å². The standard InChI is InChI=1S/C15H19Cl2NO2/c1-10(19)12-3-2-6-18(9-12)15(20)7-11-4-5-13(16)8-14(11)17/h4-5,8,10,12,19H,2-3,6-7,9H2,1H3. The first kappa shape index (κ1) is 15.6. The lowest BCUT2D eigenvalue weighted by Crippen LogP contribution is -2.43. The van der Waals surface area contributed by atoms with Crippen LogP contribution in [0.5, 0.6) is 0 Å². The van der Waals surface area contributed by atoms with Crippen LogP contribution in [0.4, 0.5) is 0 Å². The monoisotopic (exact) mass is 315 g/mol. The Balaban J connectivity index is 2.00. The summed E-state index contributed by atoms with van der Waals surface area (Å²) < 4.78 is 0. The minimum Gasteiger partial charge on any atom is -0.393 e. The summed E-state index contributed by atoms with van der Waals surface area (Å²) in [5.41, 5.74) is 0.792. The van der Waals surface area contributed by atoms with Crippen molar-refractivity contribution in [3.63, 3.8) is 0 Å². The molecule has 1 saturated heterocycles. The zero-order valence-corrected chi connectivity index (χ0v) is 13.0. The molecule has 110 valence electrons. The molecule has 0 bridgehead atoms. The number of benzene rings is 1. The van der Waals surface area contributed by atoms with Crippen LogP contribution in [0, 0.1) is 5.92 Å². The fourth-order valence-corrected chi connectivity index (χ4v) is 3.05. The summed E-state index contributed by atoms with van der Waals surface area (Å²) in [6.07, 6.45) is 1.83. The van der Waals surface area contributed by atoms with Gasteiger partial charge in [-0.3, -0.25) is 4.79 Å². The minimum atomic E-state index is -0.371. The van der Waals surface area contributed by atoms with Crippen LogP contribution in [0.3, 0.4) is 0 Å². The second kappa shape index (κ2) is 6.79. The summed E-state index contributed by atoms with van der Waals surface area (Å²) in [5.74, 6) is 0.230. The summed E-state index contributed by atoms with van der Waals surface area (Å²) in [6, 6.07) is 5.18. The van der Waals surface area contributed by atoms with E-state index in [0.29, 0.717) is 16.6 Å². The number of halogens is 2. The molecular weight excluding hydrogens is 297 g/mol. The Morgan fingerprint density at radius 2 is 2.25 bits per heavy atom. The average molecular weight is 316 g/mol. The summed E-state index contributed by atoms with van der Waals surface area (Å²) in [6.45, 7) is 3.17. The van der Waals surface area contributed by atoms with E-state index in [1.54, 1.807) is 25.1 Å². The average Bonchev–Trinajstić information content (AvgIpc) is 2.42. The van der Waals surface area contributed by atoms with Gasteiger partial charge >= 0.3 is 0 Å². The van der Waals surface area contributed by atoms with Gasteiger partial charge in [0, 0.05) is 29.1 Å². The van der Waals surface area contributed by atoms with Gasteiger partial charge in [0.15, 0.2) is 0 Å². The smallest absolute Gasteiger partial charge is 0.227 e. The third-order valence-corrected chi connectivity index (χ3v) is 4.44. The molecule has 5 heteroatoms. The Bertz CT molecular complexity index is 491. The van der Waals surface area contributed by atoms with E-state index in [0.717, 1.165) is 24.9 Å². The van der Waals surface area contributed by atoms with Crippen LogP contribution in [0.1, 0.15) is 25.3 Å². The first-order chi connectivity index (χ1) is 9.47. The second-order valence-corrected chi connectivity index (χ2v) is 6.24. The predicted molar refractivity (Wildman–Crippen MR) is 81.2 cm³/mol. The minimum absolute atomic E-state index is 0.0552. The van der Waals surface area contributed by atoms with Crippen molar-refractivity contribution in [2.24, 2.45) is 5.92 Å². The summed E-state index contributed by atoms with van der Waals surface area (Å²) in [5, 5.41) is 10.8. The van der Waals surface area contributed by atoms with Crippen LogP contribution in [-0.2, 0) is 11.2 Å². The highest BCUT2D eigenvalue weighted by Gasteiger charge is 2.26. The van der Waals surface area contributed by atoms with Crippen molar-refractivity contribution in [3.8, 4) is 0 Å². The number of rotatable bonds is 3. The molecule has 0 radical (unpaired) electrons. The number of hydrogen-bond donors (Lipinski definition) is 1. The second-order valence-electron chi connectivity index (χ2n) is 5.40. The number of carbonyl (C=O) groups excluding carboxylic acids is 1. The lowest BCUT2D eigenvalue weighted by Gasteiger charge is -2.34. The predicted octanol–water partition coefficient (Wildman–Crippen LogP) is 3.16. The number of aliphatic hydroxyl groups excluding tert-OH is 1. The van der Waals surface area contributed by atoms with Gasteiger partial charge in [-0.15, -0.1) is 0 Å². The van der Waals surface area contributed by atoms with Gasteiger partial charge in [-0.1, -0.05) is 29.3 Å². The van der Waals surface area contributed by atoms with Crippen LogP contribution in [0.25, 0.3) is 0 Å². The number of piperidine rings is 1. The molecule has 1 fully saturated rings. The number of nitrogens with zero attached hydrogens (tertiary/aromatic N) is 1. The normalized spacial score (nSPS) is 20.8. The molecule has 2 unspecified atom stereocenters. The molecule has 2 rings (SSSR count). The van der Waals surface area contributed by atoms with E-state index in [2.05, 4.69) is 0 Å². The van der Waals surface area contributed by atoms with Crippen molar-refractivity contribution in [2.75, 3.05) is 13.1 Å². The Morgan fingerprint density at radius 3 is 2.90 bits per heavy atom. The molecule has 1 aromatic rings. The Kier molecular flexibility index (Phi) is 5.30. The first-order valence-electron chi connectivity index (χ1n) is 6.87. The van der Waals surface area contributed by atoms with Crippen LogP contribution in [0.2, 0.25) is 10.0 Å².